The number of rotatable bonds is 3. The lowest BCUT2D eigenvalue weighted by Crippen LogP contribution is -2.32. The number of benzene rings is 1. The third-order valence-electron chi connectivity index (χ3n) is 2.09. The van der Waals surface area contributed by atoms with Crippen LogP contribution in [0.1, 0.15) is 6.92 Å². The summed E-state index contributed by atoms with van der Waals surface area (Å²) in [5.74, 6) is -0.379. The molecule has 19 heavy (non-hydrogen) atoms. The molecule has 0 heterocycles. The second-order valence-electron chi connectivity index (χ2n) is 3.79. The average Bonchev–Trinajstić information content (AvgIpc) is 2.33. The van der Waals surface area contributed by atoms with Gasteiger partial charge in [-0.25, -0.2) is 4.79 Å². The number of amidine groups is 1. The summed E-state index contributed by atoms with van der Waals surface area (Å²) in [5.41, 5.74) is 3.22. The zero-order valence-electron chi connectivity index (χ0n) is 10.9. The second kappa shape index (κ2) is 7.21. The number of ether oxygens (including phenoxy) is 1. The number of halogens is 2. The van der Waals surface area contributed by atoms with Crippen LogP contribution >= 0.6 is 23.2 Å². The molecule has 104 valence electrons. The third-order valence-corrected chi connectivity index (χ3v) is 2.66. The Morgan fingerprint density at radius 3 is 2.68 bits per heavy atom. The van der Waals surface area contributed by atoms with E-state index in [0.717, 1.165) is 0 Å². The Morgan fingerprint density at radius 2 is 2.11 bits per heavy atom. The van der Waals surface area contributed by atoms with Crippen LogP contribution in [0.5, 0.6) is 0 Å². The van der Waals surface area contributed by atoms with Gasteiger partial charge in [0.1, 0.15) is 0 Å². The van der Waals surface area contributed by atoms with Crippen molar-refractivity contribution in [2.45, 2.75) is 6.92 Å². The van der Waals surface area contributed by atoms with E-state index in [2.05, 4.69) is 10.5 Å². The largest absolute Gasteiger partial charge is 0.460 e. The maximum atomic E-state index is 11.7. The summed E-state index contributed by atoms with van der Waals surface area (Å²) in [7, 11) is 3.38. The molecule has 1 aromatic rings. The first kappa shape index (κ1) is 15.6. The highest BCUT2D eigenvalue weighted by atomic mass is 35.5. The van der Waals surface area contributed by atoms with Crippen LogP contribution in [0.3, 0.4) is 0 Å². The van der Waals surface area contributed by atoms with Gasteiger partial charge in [-0.3, -0.25) is 5.43 Å². The molecule has 5 nitrogen and oxygen atoms in total. The fourth-order valence-electron chi connectivity index (χ4n) is 1.22. The van der Waals surface area contributed by atoms with E-state index in [-0.39, 0.29) is 12.4 Å². The number of nitrogens with one attached hydrogen (secondary N) is 1. The van der Waals surface area contributed by atoms with Crippen LogP contribution < -0.4 is 5.43 Å². The van der Waals surface area contributed by atoms with Crippen molar-refractivity contribution in [3.63, 3.8) is 0 Å². The van der Waals surface area contributed by atoms with Crippen molar-refractivity contribution in [1.82, 2.24) is 4.90 Å². The first-order chi connectivity index (χ1) is 8.95. The maximum absolute atomic E-state index is 11.7. The van der Waals surface area contributed by atoms with Gasteiger partial charge >= 0.3 is 5.97 Å². The molecule has 1 rings (SSSR count). The van der Waals surface area contributed by atoms with Crippen LogP contribution in [0.25, 0.3) is 0 Å². The molecular weight excluding hydrogens is 289 g/mol. The molecule has 7 heteroatoms. The van der Waals surface area contributed by atoms with E-state index in [1.807, 2.05) is 0 Å². The molecule has 0 aliphatic carbocycles. The van der Waals surface area contributed by atoms with Gasteiger partial charge in [-0.05, 0) is 25.1 Å². The fourth-order valence-corrected chi connectivity index (χ4v) is 1.55. The van der Waals surface area contributed by atoms with Gasteiger partial charge in [0.2, 0.25) is 5.84 Å². The molecule has 0 fully saturated rings. The first-order valence-corrected chi connectivity index (χ1v) is 6.34. The third kappa shape index (κ3) is 4.61. The van der Waals surface area contributed by atoms with Gasteiger partial charge < -0.3 is 9.64 Å². The lowest BCUT2D eigenvalue weighted by atomic mass is 10.3. The van der Waals surface area contributed by atoms with Gasteiger partial charge in [0.05, 0.1) is 17.3 Å². The molecule has 0 aliphatic rings. The molecule has 0 atom stereocenters. The molecule has 0 spiro atoms. The van der Waals surface area contributed by atoms with E-state index in [4.69, 9.17) is 27.9 Å². The van der Waals surface area contributed by atoms with Crippen LogP contribution in [0, 0.1) is 0 Å². The molecule has 0 aromatic heterocycles. The number of esters is 1. The molecule has 0 radical (unpaired) electrons. The summed E-state index contributed by atoms with van der Waals surface area (Å²) < 4.78 is 4.90. The Bertz CT molecular complexity index is 490. The average molecular weight is 304 g/mol. The van der Waals surface area contributed by atoms with E-state index >= 15 is 0 Å². The molecule has 0 saturated carbocycles. The topological polar surface area (TPSA) is 53.9 Å². The molecular formula is C12H15Cl2N3O2. The smallest absolute Gasteiger partial charge is 0.375 e. The Hall–Kier alpha value is -1.46. The summed E-state index contributed by atoms with van der Waals surface area (Å²) in [6.45, 7) is 2.01. The number of nitrogens with zero attached hydrogens (tertiary/aromatic N) is 2. The molecule has 0 amide bonds. The van der Waals surface area contributed by atoms with Crippen LogP contribution in [-0.2, 0) is 9.53 Å². The fraction of sp³-hybridized carbons (Fsp3) is 0.333. The summed E-state index contributed by atoms with van der Waals surface area (Å²) >= 11 is 11.8. The molecule has 0 saturated heterocycles. The molecule has 0 aliphatic heterocycles. The number of likely N-dealkylation sites (N-methyl/N-ethyl adjacent to an activating group) is 1. The molecule has 1 N–H and O–H groups in total. The number of anilines is 1. The van der Waals surface area contributed by atoms with Crippen molar-refractivity contribution in [1.29, 1.82) is 0 Å². The number of hydrazone groups is 1. The van der Waals surface area contributed by atoms with Crippen molar-refractivity contribution in [3.05, 3.63) is 28.2 Å². The highest BCUT2D eigenvalue weighted by molar-refractivity contribution is 6.36. The predicted molar refractivity (Wildman–Crippen MR) is 77.8 cm³/mol. The minimum atomic E-state index is -0.516. The van der Waals surface area contributed by atoms with Crippen LogP contribution in [-0.4, -0.2) is 37.4 Å². The molecule has 0 unspecified atom stereocenters. The lowest BCUT2D eigenvalue weighted by molar-refractivity contribution is -0.135. The molecule has 1 aromatic carbocycles. The van der Waals surface area contributed by atoms with Crippen molar-refractivity contribution >= 4 is 40.7 Å². The highest BCUT2D eigenvalue weighted by Crippen LogP contribution is 2.25. The van der Waals surface area contributed by atoms with E-state index in [0.29, 0.717) is 15.7 Å². The Balaban J connectivity index is 2.92. The Morgan fingerprint density at radius 1 is 1.42 bits per heavy atom. The standard InChI is InChI=1S/C12H15Cl2N3O2/c1-4-19-12(18)11(17(2)3)16-15-10-7-8(13)5-6-9(10)14/h5-7,15H,4H2,1-3H3/b16-11-. The molecule has 0 bridgehead atoms. The van der Waals surface area contributed by atoms with Crippen LogP contribution in [0.2, 0.25) is 10.0 Å². The highest BCUT2D eigenvalue weighted by Gasteiger charge is 2.15. The lowest BCUT2D eigenvalue weighted by Gasteiger charge is -2.14. The Kier molecular flexibility index (Phi) is 5.92. The van der Waals surface area contributed by atoms with Gasteiger partial charge in [0.15, 0.2) is 0 Å². The van der Waals surface area contributed by atoms with Crippen molar-refractivity contribution < 1.29 is 9.53 Å². The summed E-state index contributed by atoms with van der Waals surface area (Å²) in [4.78, 5) is 13.2. The van der Waals surface area contributed by atoms with Crippen molar-refractivity contribution in [3.8, 4) is 0 Å². The van der Waals surface area contributed by atoms with Crippen molar-refractivity contribution in [2.75, 3.05) is 26.1 Å². The Labute approximate surface area is 122 Å². The van der Waals surface area contributed by atoms with E-state index in [1.165, 1.54) is 0 Å². The zero-order valence-corrected chi connectivity index (χ0v) is 12.4. The van der Waals surface area contributed by atoms with Crippen LogP contribution in [0.4, 0.5) is 5.69 Å². The second-order valence-corrected chi connectivity index (χ2v) is 4.63. The van der Waals surface area contributed by atoms with Gasteiger partial charge in [-0.15, -0.1) is 5.10 Å². The maximum Gasteiger partial charge on any atom is 0.375 e. The number of carbonyl (C=O) groups excluding carboxylic acids is 1. The summed E-state index contributed by atoms with van der Waals surface area (Å²) in [6.07, 6.45) is 0. The van der Waals surface area contributed by atoms with E-state index in [9.17, 15) is 4.79 Å². The van der Waals surface area contributed by atoms with Gasteiger partial charge in [0, 0.05) is 19.1 Å². The monoisotopic (exact) mass is 303 g/mol. The quantitative estimate of drug-likeness (QED) is 0.404. The zero-order chi connectivity index (χ0) is 14.4. The SMILES string of the molecule is CCOC(=O)/C(=N/Nc1cc(Cl)ccc1Cl)N(C)C. The summed E-state index contributed by atoms with van der Waals surface area (Å²) in [6, 6.07) is 4.92. The number of hydrogen-bond donors (Lipinski definition) is 1. The van der Waals surface area contributed by atoms with Crippen LogP contribution in [0.15, 0.2) is 23.3 Å². The number of carbonyl (C=O) groups is 1. The summed E-state index contributed by atoms with van der Waals surface area (Å²) in [5, 5.41) is 4.96. The predicted octanol–water partition coefficient (Wildman–Crippen LogP) is 2.84. The van der Waals surface area contributed by atoms with E-state index < -0.39 is 5.97 Å². The van der Waals surface area contributed by atoms with Gasteiger partial charge in [-0.2, -0.15) is 0 Å². The first-order valence-electron chi connectivity index (χ1n) is 5.59. The normalized spacial score (nSPS) is 11.1. The van der Waals surface area contributed by atoms with Gasteiger partial charge in [-0.1, -0.05) is 23.2 Å². The van der Waals surface area contributed by atoms with E-state index in [1.54, 1.807) is 44.1 Å². The number of hydrogen-bond acceptors (Lipinski definition) is 4. The van der Waals surface area contributed by atoms with Crippen molar-refractivity contribution in [2.24, 2.45) is 5.10 Å². The minimum absolute atomic E-state index is 0.137. The van der Waals surface area contributed by atoms with Gasteiger partial charge in [0.25, 0.3) is 0 Å². The minimum Gasteiger partial charge on any atom is -0.460 e.